The molecule has 0 radical (unpaired) electrons. The molecular formula is C21H34ClN5OSi. The van der Waals surface area contributed by atoms with Gasteiger partial charge in [-0.25, -0.2) is 4.68 Å². The molecule has 6 nitrogen and oxygen atoms in total. The van der Waals surface area contributed by atoms with E-state index in [1.807, 2.05) is 0 Å². The Kier molecular flexibility index (Phi) is 5.45. The second-order valence-corrected chi connectivity index (χ2v) is 15.3. The van der Waals surface area contributed by atoms with Crippen LogP contribution >= 0.6 is 11.6 Å². The highest BCUT2D eigenvalue weighted by molar-refractivity contribution is 6.74. The molecule has 2 fully saturated rings. The van der Waals surface area contributed by atoms with E-state index in [1.54, 1.807) is 0 Å². The van der Waals surface area contributed by atoms with Gasteiger partial charge in [-0.1, -0.05) is 20.8 Å². The lowest BCUT2D eigenvalue weighted by molar-refractivity contribution is 0.263. The van der Waals surface area contributed by atoms with E-state index >= 15 is 0 Å². The molecule has 160 valence electrons. The highest BCUT2D eigenvalue weighted by atomic mass is 35.5. The third-order valence-electron chi connectivity index (χ3n) is 7.19. The summed E-state index contributed by atoms with van der Waals surface area (Å²) in [6, 6.07) is 0.769. The molecule has 8 heteroatoms. The summed E-state index contributed by atoms with van der Waals surface area (Å²) in [4.78, 5) is 11.7. The number of hydrogen-bond acceptors (Lipinski definition) is 5. The molecule has 2 aromatic rings. The van der Waals surface area contributed by atoms with Gasteiger partial charge in [-0.05, 0) is 68.8 Å². The van der Waals surface area contributed by atoms with E-state index in [-0.39, 0.29) is 5.04 Å². The van der Waals surface area contributed by atoms with Crippen LogP contribution in [0.15, 0.2) is 0 Å². The molecule has 0 unspecified atom stereocenters. The number of halogens is 1. The van der Waals surface area contributed by atoms with Crippen molar-refractivity contribution in [3.63, 3.8) is 0 Å². The van der Waals surface area contributed by atoms with Gasteiger partial charge in [0.1, 0.15) is 5.82 Å². The standard InChI is InChI=1S/C21H34ClN5OSi/c1-14-17-18(23-20(22)24-19(17)27(25-14)15-9-7-10-15)26-12-8-11-16(26)13-28-29(5,6)21(2,3)4/h15-16H,7-13H2,1-6H3/t16-/m0/s1. The predicted molar refractivity (Wildman–Crippen MR) is 121 cm³/mol. The molecule has 2 aromatic heterocycles. The van der Waals surface area contributed by atoms with Gasteiger partial charge in [0, 0.05) is 6.54 Å². The second-order valence-electron chi connectivity index (χ2n) is 10.2. The van der Waals surface area contributed by atoms with Crippen molar-refractivity contribution in [3.8, 4) is 0 Å². The van der Waals surface area contributed by atoms with Crippen LogP contribution in [0.5, 0.6) is 0 Å². The topological polar surface area (TPSA) is 56.1 Å². The summed E-state index contributed by atoms with van der Waals surface area (Å²) in [5.74, 6) is 0.935. The van der Waals surface area contributed by atoms with Gasteiger partial charge in [0.15, 0.2) is 14.0 Å². The van der Waals surface area contributed by atoms with E-state index < -0.39 is 8.32 Å². The van der Waals surface area contributed by atoms with Gasteiger partial charge < -0.3 is 9.33 Å². The summed E-state index contributed by atoms with van der Waals surface area (Å²) in [6.45, 7) is 15.3. The van der Waals surface area contributed by atoms with Crippen LogP contribution < -0.4 is 4.90 Å². The summed E-state index contributed by atoms with van der Waals surface area (Å²) < 4.78 is 8.66. The maximum absolute atomic E-state index is 6.57. The summed E-state index contributed by atoms with van der Waals surface area (Å²) >= 11 is 6.39. The van der Waals surface area contributed by atoms with Crippen molar-refractivity contribution in [2.24, 2.45) is 0 Å². The quantitative estimate of drug-likeness (QED) is 0.458. The number of anilines is 1. The summed E-state index contributed by atoms with van der Waals surface area (Å²) in [5.41, 5.74) is 1.88. The van der Waals surface area contributed by atoms with Crippen LogP contribution in [0.3, 0.4) is 0 Å². The SMILES string of the molecule is Cc1nn(C2CCC2)c2nc(Cl)nc(N3CCC[C@H]3CO[Si](C)(C)C(C)(C)C)c12. The third kappa shape index (κ3) is 3.81. The van der Waals surface area contributed by atoms with Crippen molar-refractivity contribution in [3.05, 3.63) is 11.0 Å². The van der Waals surface area contributed by atoms with Crippen molar-refractivity contribution >= 4 is 36.8 Å². The molecule has 1 saturated heterocycles. The maximum atomic E-state index is 6.57. The molecule has 0 aromatic carbocycles. The van der Waals surface area contributed by atoms with E-state index in [0.29, 0.717) is 17.4 Å². The molecule has 1 saturated carbocycles. The predicted octanol–water partition coefficient (Wildman–Crippen LogP) is 5.50. The van der Waals surface area contributed by atoms with Crippen molar-refractivity contribution in [2.75, 3.05) is 18.1 Å². The van der Waals surface area contributed by atoms with Crippen molar-refractivity contribution in [1.82, 2.24) is 19.7 Å². The highest BCUT2D eigenvalue weighted by Crippen LogP contribution is 2.40. The Morgan fingerprint density at radius 1 is 1.14 bits per heavy atom. The molecule has 0 amide bonds. The first-order chi connectivity index (χ1) is 13.6. The molecular weight excluding hydrogens is 402 g/mol. The van der Waals surface area contributed by atoms with E-state index in [1.165, 1.54) is 19.3 Å². The molecule has 1 aliphatic carbocycles. The number of hydrogen-bond donors (Lipinski definition) is 0. The Bertz CT molecular complexity index is 903. The van der Waals surface area contributed by atoms with Crippen LogP contribution in [-0.4, -0.2) is 47.3 Å². The van der Waals surface area contributed by atoms with E-state index in [4.69, 9.17) is 21.1 Å². The van der Waals surface area contributed by atoms with Gasteiger partial charge in [0.25, 0.3) is 0 Å². The Hall–Kier alpha value is -1.18. The van der Waals surface area contributed by atoms with Gasteiger partial charge in [-0.2, -0.15) is 15.1 Å². The zero-order valence-electron chi connectivity index (χ0n) is 18.6. The van der Waals surface area contributed by atoms with Crippen LogP contribution in [-0.2, 0) is 4.43 Å². The molecule has 0 spiro atoms. The van der Waals surface area contributed by atoms with Crippen molar-refractivity contribution < 1.29 is 4.43 Å². The molecule has 1 atom stereocenters. The monoisotopic (exact) mass is 435 g/mol. The van der Waals surface area contributed by atoms with Gasteiger partial charge in [-0.15, -0.1) is 0 Å². The zero-order chi connectivity index (χ0) is 21.0. The Balaban J connectivity index is 1.65. The smallest absolute Gasteiger partial charge is 0.226 e. The number of nitrogens with zero attached hydrogens (tertiary/aromatic N) is 5. The van der Waals surface area contributed by atoms with Crippen LogP contribution in [0.2, 0.25) is 23.4 Å². The maximum Gasteiger partial charge on any atom is 0.226 e. The van der Waals surface area contributed by atoms with E-state index in [9.17, 15) is 0 Å². The lowest BCUT2D eigenvalue weighted by Crippen LogP contribution is -2.45. The van der Waals surface area contributed by atoms with E-state index in [0.717, 1.165) is 48.5 Å². The van der Waals surface area contributed by atoms with E-state index in [2.05, 4.69) is 60.3 Å². The minimum absolute atomic E-state index is 0.211. The number of fused-ring (bicyclic) bond motifs is 1. The van der Waals surface area contributed by atoms with Gasteiger partial charge in [0.05, 0.1) is 29.8 Å². The van der Waals surface area contributed by atoms with Crippen LogP contribution in [0, 0.1) is 6.92 Å². The average Bonchev–Trinajstić information content (AvgIpc) is 3.15. The first kappa shape index (κ1) is 21.1. The fourth-order valence-electron chi connectivity index (χ4n) is 4.06. The van der Waals surface area contributed by atoms with Gasteiger partial charge >= 0.3 is 0 Å². The lowest BCUT2D eigenvalue weighted by Gasteiger charge is -2.38. The Morgan fingerprint density at radius 2 is 1.86 bits per heavy atom. The van der Waals surface area contributed by atoms with Crippen molar-refractivity contribution in [1.29, 1.82) is 0 Å². The Labute approximate surface area is 180 Å². The molecule has 2 aliphatic rings. The molecule has 1 aliphatic heterocycles. The van der Waals surface area contributed by atoms with Crippen LogP contribution in [0.4, 0.5) is 5.82 Å². The number of rotatable bonds is 5. The summed E-state index contributed by atoms with van der Waals surface area (Å²) in [7, 11) is -1.79. The zero-order valence-corrected chi connectivity index (χ0v) is 20.4. The Morgan fingerprint density at radius 3 is 2.48 bits per heavy atom. The normalized spacial score (nSPS) is 21.2. The third-order valence-corrected chi connectivity index (χ3v) is 11.9. The fourth-order valence-corrected chi connectivity index (χ4v) is 5.26. The lowest BCUT2D eigenvalue weighted by atomic mass is 9.93. The largest absolute Gasteiger partial charge is 0.415 e. The van der Waals surface area contributed by atoms with Gasteiger partial charge in [0.2, 0.25) is 5.28 Å². The average molecular weight is 436 g/mol. The fraction of sp³-hybridized carbons (Fsp3) is 0.762. The molecule has 29 heavy (non-hydrogen) atoms. The van der Waals surface area contributed by atoms with Crippen molar-refractivity contribution in [2.45, 2.75) is 90.0 Å². The minimum atomic E-state index is -1.79. The first-order valence-corrected chi connectivity index (χ1v) is 14.2. The minimum Gasteiger partial charge on any atom is -0.415 e. The second kappa shape index (κ2) is 7.50. The highest BCUT2D eigenvalue weighted by Gasteiger charge is 2.39. The molecule has 0 bridgehead atoms. The number of aryl methyl sites for hydroxylation is 1. The van der Waals surface area contributed by atoms with Gasteiger partial charge in [-0.3, -0.25) is 0 Å². The number of aromatic nitrogens is 4. The molecule has 4 rings (SSSR count). The molecule has 0 N–H and O–H groups in total. The first-order valence-electron chi connectivity index (χ1n) is 10.9. The van der Waals surface area contributed by atoms with Crippen LogP contribution in [0.1, 0.15) is 64.6 Å². The summed E-state index contributed by atoms with van der Waals surface area (Å²) in [6.07, 6.45) is 5.85. The summed E-state index contributed by atoms with van der Waals surface area (Å²) in [5, 5.41) is 6.41. The molecule has 3 heterocycles. The van der Waals surface area contributed by atoms with Crippen LogP contribution in [0.25, 0.3) is 11.0 Å².